The average Bonchev–Trinajstić information content (AvgIpc) is 3.26. The molecular weight excluding hydrogens is 320 g/mol. The topological polar surface area (TPSA) is 55.1 Å². The Labute approximate surface area is 144 Å². The van der Waals surface area contributed by atoms with Crippen molar-refractivity contribution in [3.05, 3.63) is 64.9 Å². The molecule has 0 aliphatic heterocycles. The van der Waals surface area contributed by atoms with Gasteiger partial charge in [0.15, 0.2) is 10.8 Å². The maximum Gasteiger partial charge on any atom is 0.226 e. The number of carbonyl (C=O) groups is 1. The van der Waals surface area contributed by atoms with Crippen molar-refractivity contribution in [3.63, 3.8) is 0 Å². The molecule has 1 aromatic carbocycles. The fourth-order valence-corrected chi connectivity index (χ4v) is 4.00. The molecule has 0 saturated carbocycles. The Bertz CT molecular complexity index is 839. The van der Waals surface area contributed by atoms with E-state index in [0.29, 0.717) is 6.42 Å². The molecule has 2 aromatic heterocycles. The van der Waals surface area contributed by atoms with Gasteiger partial charge in [0.05, 0.1) is 24.4 Å². The van der Waals surface area contributed by atoms with Crippen molar-refractivity contribution in [2.45, 2.75) is 31.7 Å². The Kier molecular flexibility index (Phi) is 4.17. The molecule has 1 atom stereocenters. The molecule has 1 amide bonds. The molecule has 1 N–H and O–H groups in total. The summed E-state index contributed by atoms with van der Waals surface area (Å²) in [6, 6.07) is 12.2. The van der Waals surface area contributed by atoms with Crippen LogP contribution in [0.4, 0.5) is 0 Å². The number of hydrogen-bond acceptors (Lipinski definition) is 4. The number of aryl methyl sites for hydroxylation is 1. The molecular formula is C19H18N2O2S. The molecule has 0 bridgehead atoms. The molecule has 1 unspecified atom stereocenters. The molecule has 1 aliphatic rings. The van der Waals surface area contributed by atoms with Crippen molar-refractivity contribution in [1.29, 1.82) is 0 Å². The summed E-state index contributed by atoms with van der Waals surface area (Å²) in [5.74, 6) is 0.765. The highest BCUT2D eigenvalue weighted by atomic mass is 32.1. The van der Waals surface area contributed by atoms with E-state index in [-0.39, 0.29) is 11.9 Å². The quantitative estimate of drug-likeness (QED) is 0.778. The van der Waals surface area contributed by atoms with E-state index in [1.165, 1.54) is 22.5 Å². The van der Waals surface area contributed by atoms with Gasteiger partial charge < -0.3 is 9.73 Å². The highest BCUT2D eigenvalue weighted by Gasteiger charge is 2.21. The number of fused-ring (bicyclic) bond motifs is 1. The fraction of sp³-hybridized carbons (Fsp3) is 0.263. The van der Waals surface area contributed by atoms with Crippen molar-refractivity contribution in [1.82, 2.24) is 10.3 Å². The monoisotopic (exact) mass is 338 g/mol. The van der Waals surface area contributed by atoms with E-state index < -0.39 is 0 Å². The summed E-state index contributed by atoms with van der Waals surface area (Å²) in [6.45, 7) is 0. The van der Waals surface area contributed by atoms with E-state index in [4.69, 9.17) is 4.42 Å². The van der Waals surface area contributed by atoms with Gasteiger partial charge in [0.2, 0.25) is 5.91 Å². The summed E-state index contributed by atoms with van der Waals surface area (Å²) in [5, 5.41) is 5.90. The van der Waals surface area contributed by atoms with E-state index in [1.54, 1.807) is 6.26 Å². The van der Waals surface area contributed by atoms with Gasteiger partial charge in [-0.25, -0.2) is 4.98 Å². The van der Waals surface area contributed by atoms with Gasteiger partial charge in [0.1, 0.15) is 0 Å². The number of hydrogen-bond donors (Lipinski definition) is 1. The zero-order valence-electron chi connectivity index (χ0n) is 13.2. The summed E-state index contributed by atoms with van der Waals surface area (Å²) in [4.78, 5) is 16.9. The zero-order valence-corrected chi connectivity index (χ0v) is 14.0. The molecule has 4 nitrogen and oxygen atoms in total. The Balaban J connectivity index is 1.43. The van der Waals surface area contributed by atoms with Crippen LogP contribution in [0.1, 0.15) is 35.7 Å². The van der Waals surface area contributed by atoms with Crippen LogP contribution in [0.25, 0.3) is 10.8 Å². The van der Waals surface area contributed by atoms with Crippen LogP contribution in [0.2, 0.25) is 0 Å². The van der Waals surface area contributed by atoms with Crippen molar-refractivity contribution in [2.24, 2.45) is 0 Å². The number of rotatable bonds is 4. The average molecular weight is 338 g/mol. The number of carbonyl (C=O) groups excluding carboxylic acids is 1. The fourth-order valence-electron chi connectivity index (χ4n) is 3.22. The number of benzene rings is 1. The SMILES string of the molecule is O=C(Cc1csc(-c2ccco2)n1)NC1CCCc2ccccc21. The summed E-state index contributed by atoms with van der Waals surface area (Å²) in [6.07, 6.45) is 5.14. The summed E-state index contributed by atoms with van der Waals surface area (Å²) in [7, 11) is 0. The Morgan fingerprint density at radius 3 is 3.08 bits per heavy atom. The number of nitrogens with one attached hydrogen (secondary N) is 1. The maximum atomic E-state index is 12.4. The van der Waals surface area contributed by atoms with Gasteiger partial charge in [-0.05, 0) is 42.5 Å². The van der Waals surface area contributed by atoms with Gasteiger partial charge in [-0.1, -0.05) is 24.3 Å². The van der Waals surface area contributed by atoms with Crippen LogP contribution >= 0.6 is 11.3 Å². The van der Waals surface area contributed by atoms with E-state index >= 15 is 0 Å². The van der Waals surface area contributed by atoms with Gasteiger partial charge in [-0.15, -0.1) is 11.3 Å². The standard InChI is InChI=1S/C19H18N2O2S/c22-18(11-14-12-24-19(20-14)17-9-4-10-23-17)21-16-8-3-6-13-5-1-2-7-15(13)16/h1-2,4-5,7,9-10,12,16H,3,6,8,11H2,(H,21,22). The molecule has 5 heteroatoms. The largest absolute Gasteiger partial charge is 0.462 e. The molecule has 0 spiro atoms. The second kappa shape index (κ2) is 6.61. The highest BCUT2D eigenvalue weighted by Crippen LogP contribution is 2.29. The number of thiazole rings is 1. The molecule has 4 rings (SSSR count). The molecule has 0 fully saturated rings. The van der Waals surface area contributed by atoms with Crippen LogP contribution in [0.15, 0.2) is 52.5 Å². The van der Waals surface area contributed by atoms with Crippen molar-refractivity contribution in [2.75, 3.05) is 0 Å². The first kappa shape index (κ1) is 15.1. The van der Waals surface area contributed by atoms with E-state index in [1.807, 2.05) is 23.6 Å². The van der Waals surface area contributed by atoms with E-state index in [0.717, 1.165) is 35.7 Å². The lowest BCUT2D eigenvalue weighted by Crippen LogP contribution is -2.32. The van der Waals surface area contributed by atoms with Gasteiger partial charge in [0.25, 0.3) is 0 Å². The Morgan fingerprint density at radius 2 is 2.21 bits per heavy atom. The minimum absolute atomic E-state index is 0.0213. The molecule has 1 aliphatic carbocycles. The van der Waals surface area contributed by atoms with E-state index in [9.17, 15) is 4.79 Å². The lowest BCUT2D eigenvalue weighted by atomic mass is 9.87. The van der Waals surface area contributed by atoms with Crippen LogP contribution in [-0.2, 0) is 17.6 Å². The second-order valence-electron chi connectivity index (χ2n) is 6.01. The predicted octanol–water partition coefficient (Wildman–Crippen LogP) is 4.14. The first-order valence-corrected chi connectivity index (χ1v) is 9.03. The van der Waals surface area contributed by atoms with Crippen molar-refractivity contribution < 1.29 is 9.21 Å². The molecule has 0 radical (unpaired) electrons. The van der Waals surface area contributed by atoms with Crippen LogP contribution < -0.4 is 5.32 Å². The van der Waals surface area contributed by atoms with Crippen molar-refractivity contribution >= 4 is 17.2 Å². The smallest absolute Gasteiger partial charge is 0.226 e. The summed E-state index contributed by atoms with van der Waals surface area (Å²) in [5.41, 5.74) is 3.39. The lowest BCUT2D eigenvalue weighted by Gasteiger charge is -2.26. The molecule has 122 valence electrons. The lowest BCUT2D eigenvalue weighted by molar-refractivity contribution is -0.121. The summed E-state index contributed by atoms with van der Waals surface area (Å²) >= 11 is 1.50. The number of aromatic nitrogens is 1. The van der Waals surface area contributed by atoms with Gasteiger partial charge in [-0.2, -0.15) is 0 Å². The number of nitrogens with zero attached hydrogens (tertiary/aromatic N) is 1. The summed E-state index contributed by atoms with van der Waals surface area (Å²) < 4.78 is 5.35. The Hall–Kier alpha value is -2.40. The Morgan fingerprint density at radius 1 is 1.29 bits per heavy atom. The predicted molar refractivity (Wildman–Crippen MR) is 93.8 cm³/mol. The highest BCUT2D eigenvalue weighted by molar-refractivity contribution is 7.13. The third-order valence-electron chi connectivity index (χ3n) is 4.33. The molecule has 2 heterocycles. The van der Waals surface area contributed by atoms with Crippen LogP contribution in [0.5, 0.6) is 0 Å². The second-order valence-corrected chi connectivity index (χ2v) is 6.87. The third-order valence-corrected chi connectivity index (χ3v) is 5.24. The first-order valence-electron chi connectivity index (χ1n) is 8.15. The van der Waals surface area contributed by atoms with Crippen LogP contribution in [0.3, 0.4) is 0 Å². The third kappa shape index (κ3) is 3.12. The van der Waals surface area contributed by atoms with Crippen LogP contribution in [0, 0.1) is 0 Å². The normalized spacial score (nSPS) is 16.6. The van der Waals surface area contributed by atoms with Crippen LogP contribution in [-0.4, -0.2) is 10.9 Å². The number of amides is 1. The molecule has 0 saturated heterocycles. The van der Waals surface area contributed by atoms with Crippen molar-refractivity contribution in [3.8, 4) is 10.8 Å². The zero-order chi connectivity index (χ0) is 16.4. The minimum atomic E-state index is 0.0213. The van der Waals surface area contributed by atoms with Gasteiger partial charge in [0, 0.05) is 5.38 Å². The maximum absolute atomic E-state index is 12.4. The van der Waals surface area contributed by atoms with Gasteiger partial charge in [-0.3, -0.25) is 4.79 Å². The van der Waals surface area contributed by atoms with E-state index in [2.05, 4.69) is 28.5 Å². The van der Waals surface area contributed by atoms with Gasteiger partial charge >= 0.3 is 0 Å². The number of furan rings is 1. The first-order chi connectivity index (χ1) is 11.8. The molecule has 3 aromatic rings. The molecule has 24 heavy (non-hydrogen) atoms. The minimum Gasteiger partial charge on any atom is -0.462 e.